The first-order valence-electron chi connectivity index (χ1n) is 16.2. The van der Waals surface area contributed by atoms with Crippen LogP contribution in [0.2, 0.25) is 0 Å². The Labute approximate surface area is 276 Å². The molecule has 47 heavy (non-hydrogen) atoms. The Balaban J connectivity index is 1.29. The van der Waals surface area contributed by atoms with Crippen LogP contribution in [0.15, 0.2) is 170 Å². The van der Waals surface area contributed by atoms with Crippen LogP contribution in [0.1, 0.15) is 0 Å². The summed E-state index contributed by atoms with van der Waals surface area (Å²) in [5, 5.41) is 12.9. The summed E-state index contributed by atoms with van der Waals surface area (Å²) >= 11 is 1.91. The number of rotatable bonds is 3. The first kappa shape index (κ1) is 26.5. The predicted molar refractivity (Wildman–Crippen MR) is 206 cm³/mol. The SMILES string of the molecule is c1cc(-c2c3ccccc3c(-c3cccc4ccccc34)c3ccccc23)cc(-c2c3ccccc3cc3c2sc2ccccc23)c1. The van der Waals surface area contributed by atoms with Gasteiger partial charge in [-0.15, -0.1) is 11.3 Å². The number of fused-ring (bicyclic) bond motifs is 7. The average Bonchev–Trinajstić information content (AvgIpc) is 3.50. The average molecular weight is 613 g/mol. The molecule has 0 N–H and O–H groups in total. The second kappa shape index (κ2) is 10.4. The van der Waals surface area contributed by atoms with E-state index in [-0.39, 0.29) is 0 Å². The van der Waals surface area contributed by atoms with E-state index in [0.29, 0.717) is 0 Å². The van der Waals surface area contributed by atoms with Gasteiger partial charge in [0, 0.05) is 25.7 Å². The van der Waals surface area contributed by atoms with Crippen LogP contribution in [0.25, 0.3) is 96.6 Å². The molecule has 0 radical (unpaired) electrons. The lowest BCUT2D eigenvalue weighted by atomic mass is 9.84. The minimum atomic E-state index is 1.24. The van der Waals surface area contributed by atoms with Crippen molar-refractivity contribution in [2.24, 2.45) is 0 Å². The highest BCUT2D eigenvalue weighted by Gasteiger charge is 2.19. The molecule has 0 aliphatic rings. The molecular weight excluding hydrogens is 585 g/mol. The number of thiophene rings is 1. The smallest absolute Gasteiger partial charge is 0.0440 e. The fraction of sp³-hybridized carbons (Fsp3) is 0. The molecule has 0 aliphatic heterocycles. The van der Waals surface area contributed by atoms with Crippen molar-refractivity contribution >= 4 is 74.6 Å². The molecule has 0 fully saturated rings. The highest BCUT2D eigenvalue weighted by molar-refractivity contribution is 7.26. The summed E-state index contributed by atoms with van der Waals surface area (Å²) in [6.07, 6.45) is 0. The quantitative estimate of drug-likeness (QED) is 0.174. The molecule has 0 spiro atoms. The zero-order valence-electron chi connectivity index (χ0n) is 25.6. The first-order valence-corrected chi connectivity index (χ1v) is 17.0. The summed E-state index contributed by atoms with van der Waals surface area (Å²) in [5.41, 5.74) is 7.67. The van der Waals surface area contributed by atoms with Crippen LogP contribution in [-0.2, 0) is 0 Å². The molecule has 0 nitrogen and oxygen atoms in total. The molecule has 1 aromatic heterocycles. The second-order valence-electron chi connectivity index (χ2n) is 12.4. The lowest BCUT2D eigenvalue weighted by Crippen LogP contribution is -1.92. The third-order valence-corrected chi connectivity index (χ3v) is 11.0. The predicted octanol–water partition coefficient (Wildman–Crippen LogP) is 13.7. The van der Waals surface area contributed by atoms with Crippen molar-refractivity contribution in [2.45, 2.75) is 0 Å². The van der Waals surface area contributed by atoms with Crippen molar-refractivity contribution in [3.05, 3.63) is 170 Å². The first-order chi connectivity index (χ1) is 23.3. The summed E-state index contributed by atoms with van der Waals surface area (Å²) in [7, 11) is 0. The maximum Gasteiger partial charge on any atom is 0.0440 e. The van der Waals surface area contributed by atoms with E-state index >= 15 is 0 Å². The van der Waals surface area contributed by atoms with Gasteiger partial charge in [-0.3, -0.25) is 0 Å². The van der Waals surface area contributed by atoms with Gasteiger partial charge in [-0.2, -0.15) is 0 Å². The molecule has 0 amide bonds. The molecule has 0 saturated carbocycles. The van der Waals surface area contributed by atoms with E-state index in [9.17, 15) is 0 Å². The Morgan fingerprint density at radius 1 is 0.298 bits per heavy atom. The summed E-state index contributed by atoms with van der Waals surface area (Å²) < 4.78 is 2.68. The highest BCUT2D eigenvalue weighted by Crippen LogP contribution is 2.48. The third-order valence-electron chi connectivity index (χ3n) is 9.82. The van der Waals surface area contributed by atoms with Crippen LogP contribution >= 0.6 is 11.3 Å². The molecule has 0 bridgehead atoms. The van der Waals surface area contributed by atoms with Crippen LogP contribution in [0.4, 0.5) is 0 Å². The summed E-state index contributed by atoms with van der Waals surface area (Å²) in [6, 6.07) is 62.7. The van der Waals surface area contributed by atoms with Gasteiger partial charge in [-0.05, 0) is 89.1 Å². The molecular formula is C46H28S. The Morgan fingerprint density at radius 3 is 1.53 bits per heavy atom. The normalized spacial score (nSPS) is 11.8. The summed E-state index contributed by atoms with van der Waals surface area (Å²) in [5.74, 6) is 0. The van der Waals surface area contributed by atoms with Crippen molar-refractivity contribution in [1.29, 1.82) is 0 Å². The van der Waals surface area contributed by atoms with Crippen molar-refractivity contribution in [2.75, 3.05) is 0 Å². The van der Waals surface area contributed by atoms with Gasteiger partial charge in [0.05, 0.1) is 0 Å². The fourth-order valence-electron chi connectivity index (χ4n) is 7.81. The van der Waals surface area contributed by atoms with Crippen LogP contribution < -0.4 is 0 Å². The van der Waals surface area contributed by atoms with Crippen molar-refractivity contribution in [3.8, 4) is 33.4 Å². The van der Waals surface area contributed by atoms with E-state index < -0.39 is 0 Å². The monoisotopic (exact) mass is 612 g/mol. The number of hydrogen-bond acceptors (Lipinski definition) is 1. The molecule has 1 heteroatoms. The standard InChI is InChI=1S/C46H28S/c1-3-18-33-29(13-1)15-12-25-36(33)45-39-23-7-5-21-37(39)43(38-22-6-8-24-40(38)45)31-16-11-17-32(27-31)44-34-19-4-2-14-30(34)28-41-35-20-9-10-26-42(35)47-46(41)44/h1-28H. The lowest BCUT2D eigenvalue weighted by molar-refractivity contribution is 1.65. The lowest BCUT2D eigenvalue weighted by Gasteiger charge is -2.19. The minimum Gasteiger partial charge on any atom is -0.135 e. The van der Waals surface area contributed by atoms with Gasteiger partial charge in [0.15, 0.2) is 0 Å². The van der Waals surface area contributed by atoms with Crippen molar-refractivity contribution in [1.82, 2.24) is 0 Å². The van der Waals surface area contributed by atoms with Crippen LogP contribution in [0.3, 0.4) is 0 Å². The van der Waals surface area contributed by atoms with E-state index in [2.05, 4.69) is 170 Å². The van der Waals surface area contributed by atoms with Crippen molar-refractivity contribution < 1.29 is 0 Å². The van der Waals surface area contributed by atoms with Gasteiger partial charge in [-0.25, -0.2) is 0 Å². The summed E-state index contributed by atoms with van der Waals surface area (Å²) in [4.78, 5) is 0. The topological polar surface area (TPSA) is 0 Å². The maximum absolute atomic E-state index is 2.43. The Morgan fingerprint density at radius 2 is 0.809 bits per heavy atom. The van der Waals surface area contributed by atoms with Gasteiger partial charge in [0.1, 0.15) is 0 Å². The van der Waals surface area contributed by atoms with Gasteiger partial charge in [0.2, 0.25) is 0 Å². The van der Waals surface area contributed by atoms with Crippen LogP contribution in [-0.4, -0.2) is 0 Å². The largest absolute Gasteiger partial charge is 0.135 e. The molecule has 10 aromatic rings. The molecule has 0 atom stereocenters. The highest BCUT2D eigenvalue weighted by atomic mass is 32.1. The molecule has 1 heterocycles. The van der Waals surface area contributed by atoms with Crippen LogP contribution in [0, 0.1) is 0 Å². The second-order valence-corrected chi connectivity index (χ2v) is 13.4. The van der Waals surface area contributed by atoms with E-state index in [1.165, 1.54) is 96.6 Å². The molecule has 9 aromatic carbocycles. The molecule has 0 unspecified atom stereocenters. The molecule has 10 rings (SSSR count). The van der Waals surface area contributed by atoms with Crippen molar-refractivity contribution in [3.63, 3.8) is 0 Å². The Hall–Kier alpha value is -5.76. The maximum atomic E-state index is 2.43. The van der Waals surface area contributed by atoms with Gasteiger partial charge in [-0.1, -0.05) is 152 Å². The zero-order valence-corrected chi connectivity index (χ0v) is 26.4. The van der Waals surface area contributed by atoms with E-state index in [1.807, 2.05) is 11.3 Å². The molecule has 0 aliphatic carbocycles. The van der Waals surface area contributed by atoms with E-state index in [1.54, 1.807) is 0 Å². The fourth-order valence-corrected chi connectivity index (χ4v) is 9.08. The minimum absolute atomic E-state index is 1.24. The number of hydrogen-bond donors (Lipinski definition) is 0. The Bertz CT molecular complexity index is 2790. The summed E-state index contributed by atoms with van der Waals surface area (Å²) in [6.45, 7) is 0. The molecule has 0 saturated heterocycles. The molecule has 218 valence electrons. The Kier molecular flexibility index (Phi) is 5.85. The zero-order chi connectivity index (χ0) is 30.9. The van der Waals surface area contributed by atoms with Gasteiger partial charge in [0.25, 0.3) is 0 Å². The third kappa shape index (κ3) is 4.00. The van der Waals surface area contributed by atoms with Gasteiger partial charge >= 0.3 is 0 Å². The van der Waals surface area contributed by atoms with E-state index in [4.69, 9.17) is 0 Å². The van der Waals surface area contributed by atoms with Gasteiger partial charge < -0.3 is 0 Å². The van der Waals surface area contributed by atoms with Crippen LogP contribution in [0.5, 0.6) is 0 Å². The van der Waals surface area contributed by atoms with E-state index in [0.717, 1.165) is 0 Å². The number of benzene rings is 9.